The molecule has 21 heavy (non-hydrogen) atoms. The summed E-state index contributed by atoms with van der Waals surface area (Å²) in [6.07, 6.45) is 1.43. The van der Waals surface area contributed by atoms with E-state index in [1.807, 2.05) is 0 Å². The van der Waals surface area contributed by atoms with Crippen LogP contribution in [0, 0.1) is 5.82 Å². The van der Waals surface area contributed by atoms with E-state index >= 15 is 0 Å². The summed E-state index contributed by atoms with van der Waals surface area (Å²) >= 11 is 3.04. The maximum Gasteiger partial charge on any atom is 0.360 e. The number of aromatic nitrogens is 2. The maximum absolute atomic E-state index is 13.6. The number of benzene rings is 1. The van der Waals surface area contributed by atoms with Gasteiger partial charge in [-0.1, -0.05) is 13.8 Å². The summed E-state index contributed by atoms with van der Waals surface area (Å²) < 4.78 is 15.1. The summed E-state index contributed by atoms with van der Waals surface area (Å²) in [5, 5.41) is 12.9. The Morgan fingerprint density at radius 2 is 2.10 bits per heavy atom. The minimum Gasteiger partial charge on any atom is -0.476 e. The monoisotopic (exact) mass is 354 g/mol. The molecule has 0 aliphatic carbocycles. The number of carboxylic acids is 1. The number of carbonyl (C=O) groups is 1. The summed E-state index contributed by atoms with van der Waals surface area (Å²) in [5.74, 6) is -2.09. The molecule has 1 aromatic carbocycles. The Morgan fingerprint density at radius 1 is 1.43 bits per heavy atom. The van der Waals surface area contributed by atoms with Gasteiger partial charge in [-0.25, -0.2) is 13.9 Å². The highest BCUT2D eigenvalue weighted by atomic mass is 79.9. The van der Waals surface area contributed by atoms with E-state index in [-0.39, 0.29) is 10.4 Å². The van der Waals surface area contributed by atoms with E-state index in [0.717, 1.165) is 0 Å². The van der Waals surface area contributed by atoms with Crippen LogP contribution in [0.5, 0.6) is 0 Å². The lowest BCUT2D eigenvalue weighted by Gasteiger charge is -2.11. The van der Waals surface area contributed by atoms with E-state index in [0.29, 0.717) is 11.3 Å². The molecule has 7 heteroatoms. The van der Waals surface area contributed by atoms with E-state index < -0.39 is 22.9 Å². The van der Waals surface area contributed by atoms with Crippen molar-refractivity contribution in [3.8, 4) is 5.69 Å². The number of aromatic carboxylic acids is 1. The quantitative estimate of drug-likeness (QED) is 0.919. The third-order valence-corrected chi connectivity index (χ3v) is 3.58. The highest BCUT2D eigenvalue weighted by molar-refractivity contribution is 9.10. The van der Waals surface area contributed by atoms with Crippen LogP contribution in [0.3, 0.4) is 0 Å². The Morgan fingerprint density at radius 3 is 2.62 bits per heavy atom. The van der Waals surface area contributed by atoms with Gasteiger partial charge in [0, 0.05) is 17.8 Å². The van der Waals surface area contributed by atoms with Crippen LogP contribution in [0.1, 0.15) is 35.8 Å². The molecule has 0 spiro atoms. The lowest BCUT2D eigenvalue weighted by molar-refractivity contribution is 0.0686. The first-order valence-electron chi connectivity index (χ1n) is 6.14. The van der Waals surface area contributed by atoms with Gasteiger partial charge in [-0.2, -0.15) is 5.10 Å². The predicted octanol–water partition coefficient (Wildman–Crippen LogP) is 2.96. The molecule has 0 bridgehead atoms. The normalized spacial score (nSPS) is 10.9. The molecule has 1 aromatic heterocycles. The van der Waals surface area contributed by atoms with E-state index in [2.05, 4.69) is 21.0 Å². The summed E-state index contributed by atoms with van der Waals surface area (Å²) in [7, 11) is 0. The third-order valence-electron chi connectivity index (χ3n) is 2.94. The molecule has 2 rings (SSSR count). The first-order chi connectivity index (χ1) is 9.81. The van der Waals surface area contributed by atoms with Crippen LogP contribution in [-0.2, 0) is 0 Å². The van der Waals surface area contributed by atoms with Gasteiger partial charge in [-0.3, -0.25) is 4.79 Å². The Labute approximate surface area is 128 Å². The van der Waals surface area contributed by atoms with Crippen molar-refractivity contribution in [2.24, 2.45) is 0 Å². The first-order valence-corrected chi connectivity index (χ1v) is 6.93. The zero-order valence-corrected chi connectivity index (χ0v) is 12.9. The summed E-state index contributed by atoms with van der Waals surface area (Å²) in [6.45, 7) is 3.55. The molecule has 0 radical (unpaired) electrons. The van der Waals surface area contributed by atoms with E-state index in [1.165, 1.54) is 23.0 Å². The zero-order chi connectivity index (χ0) is 15.7. The average molecular weight is 355 g/mol. The molecule has 0 saturated heterocycles. The number of rotatable bonds is 3. The lowest BCUT2D eigenvalue weighted by Crippen LogP contribution is -2.25. The second kappa shape index (κ2) is 5.77. The fraction of sp³-hybridized carbons (Fsp3) is 0.214. The van der Waals surface area contributed by atoms with Crippen molar-refractivity contribution >= 4 is 21.9 Å². The molecule has 0 aliphatic heterocycles. The van der Waals surface area contributed by atoms with Crippen molar-refractivity contribution in [2.45, 2.75) is 19.8 Å². The van der Waals surface area contributed by atoms with E-state index in [1.54, 1.807) is 19.9 Å². The first kappa shape index (κ1) is 15.4. The molecule has 0 saturated carbocycles. The van der Waals surface area contributed by atoms with Crippen molar-refractivity contribution in [2.75, 3.05) is 0 Å². The van der Waals surface area contributed by atoms with Crippen molar-refractivity contribution in [1.82, 2.24) is 9.78 Å². The van der Waals surface area contributed by atoms with Crippen LogP contribution >= 0.6 is 15.9 Å². The fourth-order valence-electron chi connectivity index (χ4n) is 1.82. The largest absolute Gasteiger partial charge is 0.476 e. The summed E-state index contributed by atoms with van der Waals surface area (Å²) in [6, 6.07) is 4.26. The summed E-state index contributed by atoms with van der Waals surface area (Å²) in [5.41, 5.74) is -0.554. The highest BCUT2D eigenvalue weighted by Gasteiger charge is 2.18. The highest BCUT2D eigenvalue weighted by Crippen LogP contribution is 2.19. The fourth-order valence-corrected chi connectivity index (χ4v) is 2.07. The van der Waals surface area contributed by atoms with Crippen LogP contribution in [0.4, 0.5) is 4.39 Å². The van der Waals surface area contributed by atoms with E-state index in [4.69, 9.17) is 5.11 Å². The molecular formula is C14H12BrFN2O3. The Hall–Kier alpha value is -2.02. The van der Waals surface area contributed by atoms with Crippen LogP contribution in [-0.4, -0.2) is 20.9 Å². The van der Waals surface area contributed by atoms with Crippen LogP contribution in [0.2, 0.25) is 0 Å². The molecule has 0 atom stereocenters. The zero-order valence-electron chi connectivity index (χ0n) is 11.3. The molecule has 110 valence electrons. The SMILES string of the molecule is CC(C)c1cn(-c2ccc(Br)c(F)c2)nc(C(=O)O)c1=O. The molecular weight excluding hydrogens is 343 g/mol. The number of nitrogens with zero attached hydrogens (tertiary/aromatic N) is 2. The average Bonchev–Trinajstić information content (AvgIpc) is 2.41. The minimum atomic E-state index is -1.41. The molecule has 2 aromatic rings. The third kappa shape index (κ3) is 3.02. The van der Waals surface area contributed by atoms with Gasteiger partial charge in [0.05, 0.1) is 10.2 Å². The van der Waals surface area contributed by atoms with E-state index in [9.17, 15) is 14.0 Å². The van der Waals surface area contributed by atoms with Gasteiger partial charge in [0.15, 0.2) is 0 Å². The van der Waals surface area contributed by atoms with Crippen LogP contribution in [0.25, 0.3) is 5.69 Å². The molecule has 0 aliphatic rings. The maximum atomic E-state index is 13.6. The molecule has 5 nitrogen and oxygen atoms in total. The van der Waals surface area contributed by atoms with Crippen molar-refractivity contribution < 1.29 is 14.3 Å². The topological polar surface area (TPSA) is 72.2 Å². The van der Waals surface area contributed by atoms with Gasteiger partial charge < -0.3 is 5.11 Å². The number of carboxylic acid groups (broad SMARTS) is 1. The number of halogens is 2. The second-order valence-electron chi connectivity index (χ2n) is 4.77. The molecule has 1 N–H and O–H groups in total. The summed E-state index contributed by atoms with van der Waals surface area (Å²) in [4.78, 5) is 23.2. The Kier molecular flexibility index (Phi) is 4.22. The Balaban J connectivity index is 2.71. The molecule has 0 fully saturated rings. The van der Waals surface area contributed by atoms with Crippen LogP contribution < -0.4 is 5.43 Å². The lowest BCUT2D eigenvalue weighted by atomic mass is 10.0. The van der Waals surface area contributed by atoms with Crippen molar-refractivity contribution in [3.63, 3.8) is 0 Å². The van der Waals surface area contributed by atoms with Gasteiger partial charge in [0.1, 0.15) is 5.82 Å². The number of hydrogen-bond donors (Lipinski definition) is 1. The molecule has 0 unspecified atom stereocenters. The van der Waals surface area contributed by atoms with Gasteiger partial charge >= 0.3 is 5.97 Å². The smallest absolute Gasteiger partial charge is 0.360 e. The predicted molar refractivity (Wildman–Crippen MR) is 78.5 cm³/mol. The Bertz CT molecular complexity index is 771. The van der Waals surface area contributed by atoms with Gasteiger partial charge in [-0.05, 0) is 34.0 Å². The van der Waals surface area contributed by atoms with Crippen molar-refractivity contribution in [3.05, 3.63) is 56.2 Å². The van der Waals surface area contributed by atoms with Gasteiger partial charge in [-0.15, -0.1) is 0 Å². The van der Waals surface area contributed by atoms with Gasteiger partial charge in [0.25, 0.3) is 0 Å². The van der Waals surface area contributed by atoms with Gasteiger partial charge in [0.2, 0.25) is 11.1 Å². The molecule has 1 heterocycles. The second-order valence-corrected chi connectivity index (χ2v) is 5.62. The number of hydrogen-bond acceptors (Lipinski definition) is 3. The minimum absolute atomic E-state index is 0.176. The van der Waals surface area contributed by atoms with Crippen LogP contribution in [0.15, 0.2) is 33.7 Å². The molecule has 0 amide bonds. The van der Waals surface area contributed by atoms with Crippen molar-refractivity contribution in [1.29, 1.82) is 0 Å². The standard InChI is InChI=1S/C14H12BrFN2O3/c1-7(2)9-6-18(17-12(13(9)19)14(20)21)8-3-4-10(15)11(16)5-8/h3-7H,1-2H3,(H,20,21).